The SMILES string of the molecule is COc1ccc(C=CC(=O)O)c(C)c1F. The number of ether oxygens (including phenoxy) is 1. The number of methoxy groups -OCH3 is 1. The molecule has 1 aromatic carbocycles. The van der Waals surface area contributed by atoms with E-state index in [0.29, 0.717) is 11.1 Å². The van der Waals surface area contributed by atoms with Crippen LogP contribution >= 0.6 is 0 Å². The van der Waals surface area contributed by atoms with Gasteiger partial charge in [-0.05, 0) is 30.2 Å². The summed E-state index contributed by atoms with van der Waals surface area (Å²) in [5.41, 5.74) is 0.891. The van der Waals surface area contributed by atoms with E-state index < -0.39 is 11.8 Å². The molecule has 0 heterocycles. The highest BCUT2D eigenvalue weighted by atomic mass is 19.1. The maximum absolute atomic E-state index is 13.5. The molecule has 0 fully saturated rings. The Kier molecular flexibility index (Phi) is 3.44. The quantitative estimate of drug-likeness (QED) is 0.778. The topological polar surface area (TPSA) is 46.5 Å². The summed E-state index contributed by atoms with van der Waals surface area (Å²) in [5.74, 6) is -1.38. The summed E-state index contributed by atoms with van der Waals surface area (Å²) in [5, 5.41) is 8.43. The highest BCUT2D eigenvalue weighted by Crippen LogP contribution is 2.23. The number of hydrogen-bond donors (Lipinski definition) is 1. The molecule has 1 rings (SSSR count). The van der Waals surface area contributed by atoms with Crippen LogP contribution in [0.1, 0.15) is 11.1 Å². The van der Waals surface area contributed by atoms with Gasteiger partial charge in [-0.15, -0.1) is 0 Å². The third-order valence-corrected chi connectivity index (χ3v) is 2.02. The van der Waals surface area contributed by atoms with Crippen LogP contribution in [0.4, 0.5) is 4.39 Å². The van der Waals surface area contributed by atoms with Crippen LogP contribution in [-0.4, -0.2) is 18.2 Å². The van der Waals surface area contributed by atoms with Crippen LogP contribution in [0.15, 0.2) is 18.2 Å². The van der Waals surface area contributed by atoms with Crippen molar-refractivity contribution < 1.29 is 19.0 Å². The van der Waals surface area contributed by atoms with E-state index in [1.807, 2.05) is 0 Å². The number of carboxylic acids is 1. The lowest BCUT2D eigenvalue weighted by Gasteiger charge is -2.06. The molecule has 0 aliphatic carbocycles. The minimum Gasteiger partial charge on any atom is -0.494 e. The third kappa shape index (κ3) is 2.56. The Morgan fingerprint density at radius 3 is 2.73 bits per heavy atom. The molecule has 0 aliphatic rings. The number of carbonyl (C=O) groups is 1. The number of halogens is 1. The van der Waals surface area contributed by atoms with Gasteiger partial charge in [0, 0.05) is 6.08 Å². The van der Waals surface area contributed by atoms with Crippen LogP contribution in [0.5, 0.6) is 5.75 Å². The van der Waals surface area contributed by atoms with Gasteiger partial charge in [-0.1, -0.05) is 6.07 Å². The van der Waals surface area contributed by atoms with Crippen molar-refractivity contribution in [1.82, 2.24) is 0 Å². The molecule has 0 unspecified atom stereocenters. The van der Waals surface area contributed by atoms with Crippen LogP contribution < -0.4 is 4.74 Å². The summed E-state index contributed by atoms with van der Waals surface area (Å²) in [6, 6.07) is 3.07. The molecule has 0 radical (unpaired) electrons. The number of carboxylic acid groups (broad SMARTS) is 1. The molecule has 1 aromatic rings. The van der Waals surface area contributed by atoms with E-state index in [9.17, 15) is 9.18 Å². The van der Waals surface area contributed by atoms with Gasteiger partial charge >= 0.3 is 5.97 Å². The van der Waals surface area contributed by atoms with Gasteiger partial charge in [-0.2, -0.15) is 0 Å². The average Bonchev–Trinajstić information content (AvgIpc) is 2.20. The Morgan fingerprint density at radius 2 is 2.20 bits per heavy atom. The Bertz CT molecular complexity index is 411. The zero-order chi connectivity index (χ0) is 11.4. The van der Waals surface area contributed by atoms with Gasteiger partial charge in [0.05, 0.1) is 7.11 Å². The first-order valence-corrected chi connectivity index (χ1v) is 4.30. The van der Waals surface area contributed by atoms with Crippen LogP contribution in [0, 0.1) is 12.7 Å². The Morgan fingerprint density at radius 1 is 1.53 bits per heavy atom. The molecule has 0 bridgehead atoms. The lowest BCUT2D eigenvalue weighted by atomic mass is 10.1. The minimum absolute atomic E-state index is 0.153. The molecule has 0 atom stereocenters. The van der Waals surface area contributed by atoms with E-state index in [1.54, 1.807) is 13.0 Å². The van der Waals surface area contributed by atoms with Crippen molar-refractivity contribution >= 4 is 12.0 Å². The molecule has 0 saturated carbocycles. The summed E-state index contributed by atoms with van der Waals surface area (Å²) in [6.45, 7) is 1.57. The van der Waals surface area contributed by atoms with E-state index in [1.165, 1.54) is 19.3 Å². The Balaban J connectivity index is 3.12. The normalized spacial score (nSPS) is 10.6. The number of aliphatic carboxylic acids is 1. The first-order chi connectivity index (χ1) is 7.06. The van der Waals surface area contributed by atoms with Crippen LogP contribution in [0.25, 0.3) is 6.08 Å². The molecule has 80 valence electrons. The van der Waals surface area contributed by atoms with Crippen LogP contribution in [-0.2, 0) is 4.79 Å². The summed E-state index contributed by atoms with van der Waals surface area (Å²) >= 11 is 0. The zero-order valence-electron chi connectivity index (χ0n) is 8.45. The van der Waals surface area contributed by atoms with Crippen molar-refractivity contribution in [1.29, 1.82) is 0 Å². The molecular weight excluding hydrogens is 199 g/mol. The molecule has 4 heteroatoms. The lowest BCUT2D eigenvalue weighted by Crippen LogP contribution is -1.94. The van der Waals surface area contributed by atoms with E-state index in [-0.39, 0.29) is 5.75 Å². The predicted octanol–water partition coefficient (Wildman–Crippen LogP) is 2.24. The summed E-state index contributed by atoms with van der Waals surface area (Å²) in [4.78, 5) is 10.3. The van der Waals surface area contributed by atoms with Crippen molar-refractivity contribution in [3.8, 4) is 5.75 Å². The maximum Gasteiger partial charge on any atom is 0.328 e. The lowest BCUT2D eigenvalue weighted by molar-refractivity contribution is -0.131. The number of benzene rings is 1. The molecule has 0 spiro atoms. The fourth-order valence-electron chi connectivity index (χ4n) is 1.17. The van der Waals surface area contributed by atoms with Gasteiger partial charge < -0.3 is 9.84 Å². The second kappa shape index (κ2) is 4.59. The van der Waals surface area contributed by atoms with E-state index in [0.717, 1.165) is 6.08 Å². The van der Waals surface area contributed by atoms with E-state index >= 15 is 0 Å². The van der Waals surface area contributed by atoms with Crippen molar-refractivity contribution in [2.24, 2.45) is 0 Å². The predicted molar refractivity (Wildman–Crippen MR) is 54.4 cm³/mol. The third-order valence-electron chi connectivity index (χ3n) is 2.02. The summed E-state index contributed by atoms with van der Waals surface area (Å²) in [6.07, 6.45) is 2.31. The van der Waals surface area contributed by atoms with Crippen LogP contribution in [0.3, 0.4) is 0 Å². The molecule has 0 saturated heterocycles. The summed E-state index contributed by atoms with van der Waals surface area (Å²) < 4.78 is 18.3. The molecule has 0 aromatic heterocycles. The van der Waals surface area contributed by atoms with Gasteiger partial charge in [-0.3, -0.25) is 0 Å². The van der Waals surface area contributed by atoms with E-state index in [2.05, 4.69) is 0 Å². The fraction of sp³-hybridized carbons (Fsp3) is 0.182. The highest BCUT2D eigenvalue weighted by Gasteiger charge is 2.08. The maximum atomic E-state index is 13.5. The largest absolute Gasteiger partial charge is 0.494 e. The first-order valence-electron chi connectivity index (χ1n) is 4.30. The standard InChI is InChI=1S/C11H11FO3/c1-7-8(4-6-10(13)14)3-5-9(15-2)11(7)12/h3-6H,1-2H3,(H,13,14). The van der Waals surface area contributed by atoms with Gasteiger partial charge in [0.2, 0.25) is 0 Å². The molecule has 0 aliphatic heterocycles. The monoisotopic (exact) mass is 210 g/mol. The molecule has 15 heavy (non-hydrogen) atoms. The van der Waals surface area contributed by atoms with Gasteiger partial charge in [0.1, 0.15) is 0 Å². The average molecular weight is 210 g/mol. The van der Waals surface area contributed by atoms with E-state index in [4.69, 9.17) is 9.84 Å². The first kappa shape index (κ1) is 11.2. The van der Waals surface area contributed by atoms with Gasteiger partial charge in [-0.25, -0.2) is 9.18 Å². The number of hydrogen-bond acceptors (Lipinski definition) is 2. The Labute approximate surface area is 86.8 Å². The number of rotatable bonds is 3. The molecule has 1 N–H and O–H groups in total. The van der Waals surface area contributed by atoms with Crippen molar-refractivity contribution in [2.45, 2.75) is 6.92 Å². The smallest absolute Gasteiger partial charge is 0.328 e. The van der Waals surface area contributed by atoms with Crippen LogP contribution in [0.2, 0.25) is 0 Å². The molecule has 3 nitrogen and oxygen atoms in total. The van der Waals surface area contributed by atoms with Crippen molar-refractivity contribution in [2.75, 3.05) is 7.11 Å². The van der Waals surface area contributed by atoms with Crippen molar-refractivity contribution in [3.63, 3.8) is 0 Å². The summed E-state index contributed by atoms with van der Waals surface area (Å²) in [7, 11) is 1.38. The van der Waals surface area contributed by atoms with Gasteiger partial charge in [0.25, 0.3) is 0 Å². The Hall–Kier alpha value is -1.84. The zero-order valence-corrected chi connectivity index (χ0v) is 8.45. The minimum atomic E-state index is -1.06. The highest BCUT2D eigenvalue weighted by molar-refractivity contribution is 5.85. The second-order valence-electron chi connectivity index (χ2n) is 2.97. The van der Waals surface area contributed by atoms with Gasteiger partial charge in [0.15, 0.2) is 11.6 Å². The van der Waals surface area contributed by atoms with Crippen molar-refractivity contribution in [3.05, 3.63) is 35.2 Å². The molecular formula is C11H11FO3. The molecule has 0 amide bonds. The fourth-order valence-corrected chi connectivity index (χ4v) is 1.17. The second-order valence-corrected chi connectivity index (χ2v) is 2.97.